The van der Waals surface area contributed by atoms with Crippen LogP contribution in [0.2, 0.25) is 0 Å². The molecule has 0 aromatic heterocycles. The van der Waals surface area contributed by atoms with Crippen molar-refractivity contribution in [2.45, 2.75) is 25.9 Å². The number of hydrogen-bond donors (Lipinski definition) is 1. The van der Waals surface area contributed by atoms with Gasteiger partial charge in [0.25, 0.3) is 0 Å². The number of nitrogens with one attached hydrogen (secondary N) is 1. The minimum absolute atomic E-state index is 0.0734. The Morgan fingerprint density at radius 3 is 2.67 bits per heavy atom. The fraction of sp³-hybridized carbons (Fsp3) is 0.235. The molecule has 0 bridgehead atoms. The van der Waals surface area contributed by atoms with Gasteiger partial charge in [0.15, 0.2) is 0 Å². The minimum Gasteiger partial charge on any atom is -0.380 e. The monoisotopic (exact) mass is 284 g/mol. The van der Waals surface area contributed by atoms with Crippen LogP contribution in [0.25, 0.3) is 0 Å². The number of fused-ring (bicyclic) bond motifs is 1. The second-order valence-corrected chi connectivity index (χ2v) is 5.37. The summed E-state index contributed by atoms with van der Waals surface area (Å²) in [5.74, 6) is -0.194. The molecule has 0 saturated carbocycles. The maximum Gasteiger partial charge on any atom is 0.229 e. The lowest BCUT2D eigenvalue weighted by molar-refractivity contribution is -0.118. The molecule has 0 fully saturated rings. The molecule has 0 aliphatic carbocycles. The SMILES string of the molecule is C[C@@H]1CC(=O)N(Cc2ccc(F)cc2)c2ccccc2N1. The first-order valence-corrected chi connectivity index (χ1v) is 7.04. The third kappa shape index (κ3) is 2.89. The van der Waals surface area contributed by atoms with Crippen LogP contribution in [0.4, 0.5) is 15.8 Å². The molecular weight excluding hydrogens is 267 g/mol. The number of carbonyl (C=O) groups excluding carboxylic acids is 1. The van der Waals surface area contributed by atoms with Crippen LogP contribution in [0.15, 0.2) is 48.5 Å². The molecule has 4 heteroatoms. The van der Waals surface area contributed by atoms with E-state index in [4.69, 9.17) is 0 Å². The molecule has 2 aromatic rings. The van der Waals surface area contributed by atoms with Gasteiger partial charge in [-0.05, 0) is 36.8 Å². The van der Waals surface area contributed by atoms with Gasteiger partial charge in [-0.25, -0.2) is 4.39 Å². The van der Waals surface area contributed by atoms with Crippen molar-refractivity contribution in [1.82, 2.24) is 0 Å². The summed E-state index contributed by atoms with van der Waals surface area (Å²) in [7, 11) is 0. The fourth-order valence-electron chi connectivity index (χ4n) is 2.60. The predicted octanol–water partition coefficient (Wildman–Crippen LogP) is 3.56. The largest absolute Gasteiger partial charge is 0.380 e. The highest BCUT2D eigenvalue weighted by Crippen LogP contribution is 2.31. The van der Waals surface area contributed by atoms with Gasteiger partial charge in [-0.15, -0.1) is 0 Å². The van der Waals surface area contributed by atoms with Crippen LogP contribution >= 0.6 is 0 Å². The average Bonchev–Trinajstić information content (AvgIpc) is 2.58. The summed E-state index contributed by atoms with van der Waals surface area (Å²) in [4.78, 5) is 14.2. The van der Waals surface area contributed by atoms with Gasteiger partial charge < -0.3 is 10.2 Å². The lowest BCUT2D eigenvalue weighted by Crippen LogP contribution is -2.31. The van der Waals surface area contributed by atoms with E-state index in [1.807, 2.05) is 31.2 Å². The van der Waals surface area contributed by atoms with Crippen molar-refractivity contribution in [3.05, 3.63) is 59.9 Å². The molecular formula is C17H17FN2O. The summed E-state index contributed by atoms with van der Waals surface area (Å²) >= 11 is 0. The summed E-state index contributed by atoms with van der Waals surface area (Å²) in [6.45, 7) is 2.45. The number of para-hydroxylation sites is 2. The Morgan fingerprint density at radius 2 is 1.90 bits per heavy atom. The van der Waals surface area contributed by atoms with E-state index >= 15 is 0 Å². The lowest BCUT2D eigenvalue weighted by atomic mass is 10.1. The Morgan fingerprint density at radius 1 is 1.19 bits per heavy atom. The van der Waals surface area contributed by atoms with Gasteiger partial charge in [0.2, 0.25) is 5.91 Å². The topological polar surface area (TPSA) is 32.3 Å². The molecule has 3 nitrogen and oxygen atoms in total. The standard InChI is InChI=1S/C17H17FN2O/c1-12-10-17(21)20(11-13-6-8-14(18)9-7-13)16-5-3-2-4-15(16)19-12/h2-9,12,19H,10-11H2,1H3/t12-/m1/s1. The number of benzene rings is 2. The smallest absolute Gasteiger partial charge is 0.229 e. The number of carbonyl (C=O) groups is 1. The summed E-state index contributed by atoms with van der Waals surface area (Å²) in [6, 6.07) is 14.1. The molecule has 1 aliphatic rings. The van der Waals surface area contributed by atoms with Crippen LogP contribution in [-0.2, 0) is 11.3 Å². The zero-order valence-electron chi connectivity index (χ0n) is 11.8. The molecule has 21 heavy (non-hydrogen) atoms. The summed E-state index contributed by atoms with van der Waals surface area (Å²) in [5.41, 5.74) is 2.74. The summed E-state index contributed by atoms with van der Waals surface area (Å²) in [6.07, 6.45) is 0.440. The van der Waals surface area contributed by atoms with Crippen LogP contribution in [0, 0.1) is 5.82 Å². The van der Waals surface area contributed by atoms with E-state index in [1.54, 1.807) is 17.0 Å². The highest BCUT2D eigenvalue weighted by Gasteiger charge is 2.25. The van der Waals surface area contributed by atoms with Crippen LogP contribution < -0.4 is 10.2 Å². The Bertz CT molecular complexity index is 654. The summed E-state index contributed by atoms with van der Waals surface area (Å²) in [5, 5.41) is 3.36. The number of rotatable bonds is 2. The number of hydrogen-bond acceptors (Lipinski definition) is 2. The van der Waals surface area contributed by atoms with Gasteiger partial charge in [-0.3, -0.25) is 4.79 Å². The Hall–Kier alpha value is -2.36. The van der Waals surface area contributed by atoms with Crippen LogP contribution in [0.1, 0.15) is 18.9 Å². The molecule has 3 rings (SSSR count). The highest BCUT2D eigenvalue weighted by molar-refractivity contribution is 5.98. The van der Waals surface area contributed by atoms with Crippen molar-refractivity contribution in [2.24, 2.45) is 0 Å². The number of nitrogens with zero attached hydrogens (tertiary/aromatic N) is 1. The number of halogens is 1. The first-order chi connectivity index (χ1) is 10.1. The number of amides is 1. The van der Waals surface area contributed by atoms with Gasteiger partial charge >= 0.3 is 0 Å². The molecule has 1 N–H and O–H groups in total. The molecule has 1 heterocycles. The molecule has 1 aliphatic heterocycles. The minimum atomic E-state index is -0.267. The van der Waals surface area contributed by atoms with Crippen molar-refractivity contribution < 1.29 is 9.18 Å². The third-order valence-corrected chi connectivity index (χ3v) is 3.63. The van der Waals surface area contributed by atoms with Crippen LogP contribution in [0.3, 0.4) is 0 Å². The predicted molar refractivity (Wildman–Crippen MR) is 81.7 cm³/mol. The third-order valence-electron chi connectivity index (χ3n) is 3.63. The van der Waals surface area contributed by atoms with E-state index in [9.17, 15) is 9.18 Å². The van der Waals surface area contributed by atoms with Crippen LogP contribution in [0.5, 0.6) is 0 Å². The van der Waals surface area contributed by atoms with E-state index in [1.165, 1.54) is 12.1 Å². The second-order valence-electron chi connectivity index (χ2n) is 5.37. The van der Waals surface area contributed by atoms with Crippen molar-refractivity contribution in [2.75, 3.05) is 10.2 Å². The van der Waals surface area contributed by atoms with Gasteiger partial charge in [0.1, 0.15) is 5.82 Å². The molecule has 0 spiro atoms. The molecule has 1 amide bonds. The van der Waals surface area contributed by atoms with E-state index in [0.29, 0.717) is 13.0 Å². The average molecular weight is 284 g/mol. The van der Waals surface area contributed by atoms with Crippen molar-refractivity contribution in [1.29, 1.82) is 0 Å². The Balaban J connectivity index is 1.95. The molecule has 0 radical (unpaired) electrons. The van der Waals surface area contributed by atoms with E-state index in [0.717, 1.165) is 16.9 Å². The lowest BCUT2D eigenvalue weighted by Gasteiger charge is -2.22. The van der Waals surface area contributed by atoms with Crippen LogP contribution in [-0.4, -0.2) is 11.9 Å². The Kier molecular flexibility index (Phi) is 3.60. The maximum absolute atomic E-state index is 13.0. The summed E-state index contributed by atoms with van der Waals surface area (Å²) < 4.78 is 13.0. The van der Waals surface area contributed by atoms with Gasteiger partial charge in [-0.1, -0.05) is 24.3 Å². The normalized spacial score (nSPS) is 17.9. The van der Waals surface area contributed by atoms with Crippen molar-refractivity contribution in [3.8, 4) is 0 Å². The van der Waals surface area contributed by atoms with E-state index < -0.39 is 0 Å². The quantitative estimate of drug-likeness (QED) is 0.914. The molecule has 108 valence electrons. The molecule has 0 unspecified atom stereocenters. The first-order valence-electron chi connectivity index (χ1n) is 7.04. The van der Waals surface area contributed by atoms with Gasteiger partial charge in [0, 0.05) is 12.5 Å². The zero-order chi connectivity index (χ0) is 14.8. The Labute approximate surface area is 123 Å². The highest BCUT2D eigenvalue weighted by atomic mass is 19.1. The molecule has 0 saturated heterocycles. The second kappa shape index (κ2) is 5.56. The van der Waals surface area contributed by atoms with Gasteiger partial charge in [0.05, 0.1) is 17.9 Å². The number of anilines is 2. The molecule has 2 aromatic carbocycles. The first kappa shape index (κ1) is 13.6. The molecule has 1 atom stereocenters. The zero-order valence-corrected chi connectivity index (χ0v) is 11.8. The van der Waals surface area contributed by atoms with Gasteiger partial charge in [-0.2, -0.15) is 0 Å². The maximum atomic E-state index is 13.0. The van der Waals surface area contributed by atoms with Crippen molar-refractivity contribution in [3.63, 3.8) is 0 Å². The fourth-order valence-corrected chi connectivity index (χ4v) is 2.60. The van der Waals surface area contributed by atoms with Crippen molar-refractivity contribution >= 4 is 17.3 Å². The van der Waals surface area contributed by atoms with E-state index in [-0.39, 0.29) is 17.8 Å². The van der Waals surface area contributed by atoms with E-state index in [2.05, 4.69) is 5.32 Å².